The predicted molar refractivity (Wildman–Crippen MR) is 100.0 cm³/mol. The van der Waals surface area contributed by atoms with Gasteiger partial charge in [-0.3, -0.25) is 4.79 Å². The molecule has 0 aromatic rings. The number of likely N-dealkylation sites (tertiary alicyclic amines) is 1. The fraction of sp³-hybridized carbons (Fsp3) is 0.786. The van der Waals surface area contributed by atoms with E-state index in [-0.39, 0.29) is 54.5 Å². The molecule has 1 saturated heterocycles. The van der Waals surface area contributed by atoms with Gasteiger partial charge >= 0.3 is 6.09 Å². The SMILES string of the molecule is CCCNC(=O)CN=C(N)NC1CCN(C(=O)OCC)CC1.I. The molecule has 0 radical (unpaired) electrons. The van der Waals surface area contributed by atoms with Gasteiger partial charge < -0.3 is 26.0 Å². The van der Waals surface area contributed by atoms with E-state index in [1.54, 1.807) is 11.8 Å². The molecule has 1 heterocycles. The normalized spacial score (nSPS) is 15.6. The van der Waals surface area contributed by atoms with E-state index in [4.69, 9.17) is 10.5 Å². The number of hydrogen-bond acceptors (Lipinski definition) is 4. The van der Waals surface area contributed by atoms with E-state index in [9.17, 15) is 9.59 Å². The highest BCUT2D eigenvalue weighted by molar-refractivity contribution is 14.0. The lowest BCUT2D eigenvalue weighted by Crippen LogP contribution is -2.48. The first-order valence-electron chi connectivity index (χ1n) is 7.81. The van der Waals surface area contributed by atoms with Crippen molar-refractivity contribution in [2.45, 2.75) is 39.2 Å². The van der Waals surface area contributed by atoms with Gasteiger partial charge in [0.25, 0.3) is 0 Å². The summed E-state index contributed by atoms with van der Waals surface area (Å²) in [6, 6.07) is 0.160. The quantitative estimate of drug-likeness (QED) is 0.319. The van der Waals surface area contributed by atoms with Gasteiger partial charge in [0.2, 0.25) is 5.91 Å². The second-order valence-electron chi connectivity index (χ2n) is 5.16. The Hall–Kier alpha value is -1.26. The minimum Gasteiger partial charge on any atom is -0.450 e. The van der Waals surface area contributed by atoms with Gasteiger partial charge in [0.05, 0.1) is 6.61 Å². The molecule has 1 rings (SSSR count). The summed E-state index contributed by atoms with van der Waals surface area (Å²) in [7, 11) is 0. The number of hydrogen-bond donors (Lipinski definition) is 3. The van der Waals surface area contributed by atoms with Gasteiger partial charge in [0, 0.05) is 25.7 Å². The molecule has 1 aliphatic rings. The van der Waals surface area contributed by atoms with Gasteiger partial charge in [-0.15, -0.1) is 24.0 Å². The van der Waals surface area contributed by atoms with Gasteiger partial charge in [-0.25, -0.2) is 9.79 Å². The van der Waals surface area contributed by atoms with E-state index in [1.807, 2.05) is 6.92 Å². The van der Waals surface area contributed by atoms with Crippen molar-refractivity contribution in [2.24, 2.45) is 10.7 Å². The first-order chi connectivity index (χ1) is 10.6. The van der Waals surface area contributed by atoms with Crippen LogP contribution >= 0.6 is 24.0 Å². The highest BCUT2D eigenvalue weighted by Crippen LogP contribution is 2.11. The number of carbonyl (C=O) groups is 2. The zero-order valence-electron chi connectivity index (χ0n) is 13.8. The van der Waals surface area contributed by atoms with Gasteiger partial charge in [-0.2, -0.15) is 0 Å². The van der Waals surface area contributed by atoms with Crippen molar-refractivity contribution in [3.8, 4) is 0 Å². The van der Waals surface area contributed by atoms with Crippen LogP contribution in [0.2, 0.25) is 0 Å². The number of nitrogens with two attached hydrogens (primary N) is 1. The van der Waals surface area contributed by atoms with E-state index >= 15 is 0 Å². The Balaban J connectivity index is 0.00000484. The molecule has 0 bridgehead atoms. The van der Waals surface area contributed by atoms with E-state index in [0.717, 1.165) is 19.3 Å². The Morgan fingerprint density at radius 1 is 1.30 bits per heavy atom. The number of aliphatic imine (C=N–C) groups is 1. The number of amides is 2. The highest BCUT2D eigenvalue weighted by atomic mass is 127. The fourth-order valence-electron chi connectivity index (χ4n) is 2.15. The number of nitrogens with one attached hydrogen (secondary N) is 2. The third-order valence-electron chi connectivity index (χ3n) is 3.34. The average molecular weight is 441 g/mol. The number of halogens is 1. The molecule has 8 nitrogen and oxygen atoms in total. The molecule has 134 valence electrons. The number of guanidine groups is 1. The molecule has 0 spiro atoms. The standard InChI is InChI=1S/C14H27N5O3.HI/c1-3-7-16-12(20)10-17-13(15)18-11-5-8-19(9-6-11)14(21)22-4-2;/h11H,3-10H2,1-2H3,(H,16,20)(H3,15,17,18);1H. The number of ether oxygens (including phenoxy) is 1. The van der Waals surface area contributed by atoms with Crippen molar-refractivity contribution in [3.05, 3.63) is 0 Å². The number of nitrogens with zero attached hydrogens (tertiary/aromatic N) is 2. The highest BCUT2D eigenvalue weighted by Gasteiger charge is 2.23. The van der Waals surface area contributed by atoms with Gasteiger partial charge in [0.15, 0.2) is 5.96 Å². The summed E-state index contributed by atoms with van der Waals surface area (Å²) < 4.78 is 4.97. The van der Waals surface area contributed by atoms with Crippen LogP contribution in [-0.2, 0) is 9.53 Å². The van der Waals surface area contributed by atoms with Crippen LogP contribution in [0.5, 0.6) is 0 Å². The molecule has 2 amide bonds. The number of rotatable bonds is 6. The topological polar surface area (TPSA) is 109 Å². The van der Waals surface area contributed by atoms with Crippen molar-refractivity contribution in [3.63, 3.8) is 0 Å². The summed E-state index contributed by atoms with van der Waals surface area (Å²) in [6.07, 6.45) is 2.17. The zero-order chi connectivity index (χ0) is 16.4. The largest absolute Gasteiger partial charge is 0.450 e. The van der Waals surface area contributed by atoms with Crippen LogP contribution in [0, 0.1) is 0 Å². The van der Waals surface area contributed by atoms with Crippen LogP contribution in [-0.4, -0.2) is 61.7 Å². The summed E-state index contributed by atoms with van der Waals surface area (Å²) >= 11 is 0. The molecule has 0 saturated carbocycles. The summed E-state index contributed by atoms with van der Waals surface area (Å²) in [5.41, 5.74) is 5.78. The summed E-state index contributed by atoms with van der Waals surface area (Å²) in [4.78, 5) is 28.7. The lowest BCUT2D eigenvalue weighted by molar-refractivity contribution is -0.119. The molecule has 0 aromatic carbocycles. The minimum atomic E-state index is -0.268. The second kappa shape index (κ2) is 12.2. The first kappa shape index (κ1) is 21.7. The second-order valence-corrected chi connectivity index (χ2v) is 5.16. The lowest BCUT2D eigenvalue weighted by Gasteiger charge is -2.31. The Morgan fingerprint density at radius 2 is 1.96 bits per heavy atom. The maximum Gasteiger partial charge on any atom is 0.409 e. The molecule has 4 N–H and O–H groups in total. The summed E-state index contributed by atoms with van der Waals surface area (Å²) in [5.74, 6) is 0.130. The van der Waals surface area contributed by atoms with Crippen molar-refractivity contribution >= 4 is 41.9 Å². The summed E-state index contributed by atoms with van der Waals surface area (Å²) in [5, 5.41) is 5.82. The molecule has 0 unspecified atom stereocenters. The first-order valence-corrected chi connectivity index (χ1v) is 7.81. The molecule has 1 fully saturated rings. The molecule has 0 aliphatic carbocycles. The Morgan fingerprint density at radius 3 is 2.52 bits per heavy atom. The number of carbonyl (C=O) groups excluding carboxylic acids is 2. The molecule has 0 atom stereocenters. The van der Waals surface area contributed by atoms with E-state index in [0.29, 0.717) is 26.2 Å². The third-order valence-corrected chi connectivity index (χ3v) is 3.34. The Bertz CT molecular complexity index is 398. The van der Waals surface area contributed by atoms with Crippen molar-refractivity contribution in [1.29, 1.82) is 0 Å². The molecular weight excluding hydrogens is 413 g/mol. The lowest BCUT2D eigenvalue weighted by atomic mass is 10.1. The molecule has 23 heavy (non-hydrogen) atoms. The Labute approximate surface area is 154 Å². The summed E-state index contributed by atoms with van der Waals surface area (Å²) in [6.45, 7) is 6.09. The van der Waals surface area contributed by atoms with Crippen molar-refractivity contribution in [2.75, 3.05) is 32.8 Å². The predicted octanol–water partition coefficient (Wildman–Crippen LogP) is 0.656. The van der Waals surface area contributed by atoms with Crippen molar-refractivity contribution in [1.82, 2.24) is 15.5 Å². The Kier molecular flexibility index (Phi) is 11.5. The molecule has 9 heteroatoms. The van der Waals surface area contributed by atoms with E-state index in [1.165, 1.54) is 0 Å². The van der Waals surface area contributed by atoms with Crippen molar-refractivity contribution < 1.29 is 14.3 Å². The molecule has 1 aliphatic heterocycles. The smallest absolute Gasteiger partial charge is 0.409 e. The third kappa shape index (κ3) is 8.82. The fourth-order valence-corrected chi connectivity index (χ4v) is 2.15. The van der Waals surface area contributed by atoms with Crippen LogP contribution in [0.3, 0.4) is 0 Å². The van der Waals surface area contributed by atoms with Crippen LogP contribution < -0.4 is 16.4 Å². The molecular formula is C14H28IN5O3. The van der Waals surface area contributed by atoms with Crippen LogP contribution in [0.1, 0.15) is 33.1 Å². The monoisotopic (exact) mass is 441 g/mol. The van der Waals surface area contributed by atoms with Gasteiger partial charge in [-0.05, 0) is 26.2 Å². The maximum atomic E-state index is 11.6. The maximum absolute atomic E-state index is 11.6. The molecule has 0 aromatic heterocycles. The van der Waals surface area contributed by atoms with E-state index < -0.39 is 0 Å². The van der Waals surface area contributed by atoms with Crippen LogP contribution in [0.4, 0.5) is 4.79 Å². The average Bonchev–Trinajstić information content (AvgIpc) is 2.52. The van der Waals surface area contributed by atoms with Crippen LogP contribution in [0.15, 0.2) is 4.99 Å². The van der Waals surface area contributed by atoms with Gasteiger partial charge in [0.1, 0.15) is 6.54 Å². The van der Waals surface area contributed by atoms with E-state index in [2.05, 4.69) is 15.6 Å². The zero-order valence-corrected chi connectivity index (χ0v) is 16.2. The van der Waals surface area contributed by atoms with Crippen LogP contribution in [0.25, 0.3) is 0 Å². The number of piperidine rings is 1. The van der Waals surface area contributed by atoms with Gasteiger partial charge in [-0.1, -0.05) is 6.92 Å². The minimum absolute atomic E-state index is 0.